The Balaban J connectivity index is 1.68. The van der Waals surface area contributed by atoms with Gasteiger partial charge in [0, 0.05) is 37.4 Å². The van der Waals surface area contributed by atoms with Crippen LogP contribution in [0.25, 0.3) is 0 Å². The van der Waals surface area contributed by atoms with Crippen molar-refractivity contribution in [3.63, 3.8) is 0 Å². The molecule has 28 heavy (non-hydrogen) atoms. The molecule has 1 aliphatic heterocycles. The molecule has 1 heterocycles. The minimum Gasteiger partial charge on any atom is -0.465 e. The monoisotopic (exact) mass is 402 g/mol. The Morgan fingerprint density at radius 3 is 1.89 bits per heavy atom. The van der Waals surface area contributed by atoms with Crippen LogP contribution in [0.15, 0.2) is 53.4 Å². The lowest BCUT2D eigenvalue weighted by Gasteiger charge is -2.35. The molecule has 1 fully saturated rings. The van der Waals surface area contributed by atoms with Crippen molar-refractivity contribution in [1.82, 2.24) is 4.31 Å². The van der Waals surface area contributed by atoms with Gasteiger partial charge in [0.05, 0.1) is 17.6 Å². The van der Waals surface area contributed by atoms with Crippen molar-refractivity contribution in [3.8, 4) is 0 Å². The average molecular weight is 402 g/mol. The zero-order valence-corrected chi connectivity index (χ0v) is 16.6. The molecule has 0 aromatic heterocycles. The van der Waals surface area contributed by atoms with E-state index in [2.05, 4.69) is 9.64 Å². The van der Waals surface area contributed by atoms with E-state index < -0.39 is 16.0 Å². The van der Waals surface area contributed by atoms with Gasteiger partial charge in [-0.2, -0.15) is 4.31 Å². The molecule has 2 aromatic carbocycles. The number of rotatable bonds is 5. The summed E-state index contributed by atoms with van der Waals surface area (Å²) in [5, 5.41) is 0. The van der Waals surface area contributed by atoms with Crippen LogP contribution in [-0.2, 0) is 14.8 Å². The molecule has 3 rings (SSSR count). The molecule has 0 radical (unpaired) electrons. The Morgan fingerprint density at radius 1 is 0.857 bits per heavy atom. The fourth-order valence-corrected chi connectivity index (χ4v) is 4.55. The fraction of sp³-hybridized carbons (Fsp3) is 0.300. The molecule has 1 aliphatic rings. The molecule has 0 saturated carbocycles. The first-order valence-corrected chi connectivity index (χ1v) is 10.3. The largest absolute Gasteiger partial charge is 0.465 e. The molecule has 1 saturated heterocycles. The number of anilines is 1. The second-order valence-electron chi connectivity index (χ2n) is 6.51. The van der Waals surface area contributed by atoms with E-state index in [-0.39, 0.29) is 10.7 Å². The minimum absolute atomic E-state index is 0.0145. The molecule has 0 spiro atoms. The van der Waals surface area contributed by atoms with E-state index in [9.17, 15) is 18.0 Å². The van der Waals surface area contributed by atoms with Gasteiger partial charge in [0.25, 0.3) is 0 Å². The first kappa shape index (κ1) is 20.0. The first-order valence-electron chi connectivity index (χ1n) is 8.87. The van der Waals surface area contributed by atoms with Gasteiger partial charge < -0.3 is 9.64 Å². The molecular formula is C20H22N2O5S. The summed E-state index contributed by atoms with van der Waals surface area (Å²) >= 11 is 0. The van der Waals surface area contributed by atoms with Crippen molar-refractivity contribution in [3.05, 3.63) is 59.7 Å². The Morgan fingerprint density at radius 2 is 1.39 bits per heavy atom. The molecule has 0 unspecified atom stereocenters. The molecule has 8 heteroatoms. The summed E-state index contributed by atoms with van der Waals surface area (Å²) in [4.78, 5) is 25.1. The quantitative estimate of drug-likeness (QED) is 0.563. The Kier molecular flexibility index (Phi) is 5.81. The van der Waals surface area contributed by atoms with Crippen molar-refractivity contribution in [1.29, 1.82) is 0 Å². The lowest BCUT2D eigenvalue weighted by atomic mass is 10.1. The van der Waals surface area contributed by atoms with Crippen molar-refractivity contribution < 1.29 is 22.7 Å². The molecule has 148 valence electrons. The second-order valence-corrected chi connectivity index (χ2v) is 8.45. The first-order chi connectivity index (χ1) is 13.3. The van der Waals surface area contributed by atoms with Crippen LogP contribution in [0.2, 0.25) is 0 Å². The number of hydrogen-bond donors (Lipinski definition) is 0. The van der Waals surface area contributed by atoms with Crippen LogP contribution in [0.4, 0.5) is 5.69 Å². The van der Waals surface area contributed by atoms with Gasteiger partial charge in [0.15, 0.2) is 5.78 Å². The van der Waals surface area contributed by atoms with Crippen molar-refractivity contribution >= 4 is 27.5 Å². The maximum absolute atomic E-state index is 12.9. The highest BCUT2D eigenvalue weighted by molar-refractivity contribution is 7.89. The molecule has 2 aromatic rings. The third-order valence-corrected chi connectivity index (χ3v) is 6.70. The predicted octanol–water partition coefficient (Wildman–Crippen LogP) is 2.19. The number of hydrogen-bond acceptors (Lipinski definition) is 6. The minimum atomic E-state index is -3.62. The zero-order chi connectivity index (χ0) is 20.3. The molecule has 0 atom stereocenters. The van der Waals surface area contributed by atoms with Crippen LogP contribution in [0.5, 0.6) is 0 Å². The van der Waals surface area contributed by atoms with E-state index in [4.69, 9.17) is 0 Å². The third-order valence-electron chi connectivity index (χ3n) is 4.79. The summed E-state index contributed by atoms with van der Waals surface area (Å²) < 4.78 is 31.8. The van der Waals surface area contributed by atoms with Gasteiger partial charge >= 0.3 is 5.97 Å². The Labute approximate surface area is 164 Å². The van der Waals surface area contributed by atoms with Crippen LogP contribution < -0.4 is 4.90 Å². The SMILES string of the molecule is COC(=O)c1ccc(S(=O)(=O)N2CCN(c3ccc(C(C)=O)cc3)CC2)cc1. The maximum Gasteiger partial charge on any atom is 0.337 e. The third kappa shape index (κ3) is 4.07. The van der Waals surface area contributed by atoms with E-state index in [0.29, 0.717) is 37.3 Å². The lowest BCUT2D eigenvalue weighted by Crippen LogP contribution is -2.48. The molecule has 7 nitrogen and oxygen atoms in total. The second kappa shape index (κ2) is 8.12. The van der Waals surface area contributed by atoms with Crippen LogP contribution in [0.1, 0.15) is 27.6 Å². The number of nitrogens with zero attached hydrogens (tertiary/aromatic N) is 2. The average Bonchev–Trinajstić information content (AvgIpc) is 2.73. The molecule has 0 aliphatic carbocycles. The van der Waals surface area contributed by atoms with Crippen molar-refractivity contribution in [2.24, 2.45) is 0 Å². The fourth-order valence-electron chi connectivity index (χ4n) is 3.12. The van der Waals surface area contributed by atoms with Gasteiger partial charge in [-0.3, -0.25) is 4.79 Å². The van der Waals surface area contributed by atoms with Gasteiger partial charge in [0.1, 0.15) is 0 Å². The summed E-state index contributed by atoms with van der Waals surface area (Å²) in [5.41, 5.74) is 1.92. The van der Waals surface area contributed by atoms with Crippen LogP contribution >= 0.6 is 0 Å². The standard InChI is InChI=1S/C20H22N2O5S/c1-15(23)16-3-7-18(8-4-16)21-11-13-22(14-12-21)28(25,26)19-9-5-17(6-10-19)20(24)27-2/h3-10H,11-14H2,1-2H3. The summed E-state index contributed by atoms with van der Waals surface area (Å²) in [5.74, 6) is -0.492. The topological polar surface area (TPSA) is 84.0 Å². The summed E-state index contributed by atoms with van der Waals surface area (Å²) in [7, 11) is -2.35. The number of methoxy groups -OCH3 is 1. The van der Waals surface area contributed by atoms with E-state index in [1.807, 2.05) is 12.1 Å². The van der Waals surface area contributed by atoms with Gasteiger partial charge in [-0.05, 0) is 55.5 Å². The number of sulfonamides is 1. The Hall–Kier alpha value is -2.71. The number of benzene rings is 2. The van der Waals surface area contributed by atoms with Gasteiger partial charge in [-0.1, -0.05) is 0 Å². The number of piperazine rings is 1. The van der Waals surface area contributed by atoms with Crippen LogP contribution in [0, 0.1) is 0 Å². The predicted molar refractivity (Wildman–Crippen MR) is 105 cm³/mol. The van der Waals surface area contributed by atoms with Crippen LogP contribution in [-0.4, -0.2) is 57.8 Å². The lowest BCUT2D eigenvalue weighted by molar-refractivity contribution is 0.0600. The molecule has 0 amide bonds. The van der Waals surface area contributed by atoms with Gasteiger partial charge in [-0.15, -0.1) is 0 Å². The Bertz CT molecular complexity index is 961. The summed E-state index contributed by atoms with van der Waals surface area (Å²) in [6.45, 7) is 3.35. The number of carbonyl (C=O) groups excluding carboxylic acids is 2. The molecule has 0 N–H and O–H groups in total. The number of ketones is 1. The number of carbonyl (C=O) groups is 2. The van der Waals surface area contributed by atoms with E-state index in [1.165, 1.54) is 42.6 Å². The van der Waals surface area contributed by atoms with Crippen molar-refractivity contribution in [2.45, 2.75) is 11.8 Å². The molecule has 0 bridgehead atoms. The van der Waals surface area contributed by atoms with Gasteiger partial charge in [0.2, 0.25) is 10.0 Å². The van der Waals surface area contributed by atoms with Crippen molar-refractivity contribution in [2.75, 3.05) is 38.2 Å². The highest BCUT2D eigenvalue weighted by Crippen LogP contribution is 2.22. The van der Waals surface area contributed by atoms with E-state index >= 15 is 0 Å². The smallest absolute Gasteiger partial charge is 0.337 e. The summed E-state index contributed by atoms with van der Waals surface area (Å²) in [6.07, 6.45) is 0. The normalized spacial score (nSPS) is 15.3. The number of ether oxygens (including phenoxy) is 1. The van der Waals surface area contributed by atoms with E-state index in [1.54, 1.807) is 12.1 Å². The highest BCUT2D eigenvalue weighted by Gasteiger charge is 2.28. The van der Waals surface area contributed by atoms with Crippen LogP contribution in [0.3, 0.4) is 0 Å². The number of Topliss-reactive ketones (excluding diaryl/α,β-unsaturated/α-hetero) is 1. The zero-order valence-electron chi connectivity index (χ0n) is 15.8. The summed E-state index contributed by atoms with van der Waals surface area (Å²) in [6, 6.07) is 13.1. The van der Waals surface area contributed by atoms with Gasteiger partial charge in [-0.25, -0.2) is 13.2 Å². The maximum atomic E-state index is 12.9. The number of esters is 1. The van der Waals surface area contributed by atoms with E-state index in [0.717, 1.165) is 5.69 Å². The molecular weight excluding hydrogens is 380 g/mol. The highest BCUT2D eigenvalue weighted by atomic mass is 32.2.